The number of aliphatic hydroxyl groups is 11. The fourth-order valence-corrected chi connectivity index (χ4v) is 5.68. The maximum absolute atomic E-state index is 10.7. The van der Waals surface area contributed by atoms with Crippen molar-refractivity contribution in [3.05, 3.63) is 0 Å². The van der Waals surface area contributed by atoms with Crippen LogP contribution in [0.25, 0.3) is 0 Å². The van der Waals surface area contributed by atoms with Gasteiger partial charge in [0.25, 0.3) is 0 Å². The highest BCUT2D eigenvalue weighted by molar-refractivity contribution is 4.93. The van der Waals surface area contributed by atoms with E-state index in [2.05, 4.69) is 5.32 Å². The number of hydrogen-bond acceptors (Lipinski definition) is 22. The molecule has 0 spiro atoms. The van der Waals surface area contributed by atoms with Crippen molar-refractivity contribution < 1.29 is 98.8 Å². The Balaban J connectivity index is 1.61. The minimum absolute atomic E-state index is 0.162. The molecule has 22 heteroatoms. The number of nitrogens with two attached hydrogens (primary N) is 1. The molecule has 0 aromatic carbocycles. The van der Waals surface area contributed by atoms with E-state index < -0.39 is 143 Å². The highest BCUT2D eigenvalue weighted by Gasteiger charge is 2.49. The molecular weight excluding hydrogens is 732 g/mol. The van der Waals surface area contributed by atoms with Crippen LogP contribution >= 0.6 is 0 Å². The van der Waals surface area contributed by atoms with Gasteiger partial charge >= 0.3 is 0 Å². The highest BCUT2D eigenvalue weighted by Crippen LogP contribution is 2.29. The molecule has 320 valence electrons. The molecule has 0 aliphatic carbocycles. The first-order valence-corrected chi connectivity index (χ1v) is 18.0. The Morgan fingerprint density at radius 2 is 1.11 bits per heavy atom. The third-order valence-electron chi connectivity index (χ3n) is 8.89. The Morgan fingerprint density at radius 1 is 0.667 bits per heavy atom. The SMILES string of the molecule is CCOC(CNCCN)OC(COC1OC(COC2OC(COC3OC(COC(C)(C)C)C(O)C(O)C3O)C(O)C(O)C2O)C(O)C(O)C1O)C(O)CO. The average molecular weight is 795 g/mol. The Kier molecular flexibility index (Phi) is 19.6. The van der Waals surface area contributed by atoms with Gasteiger partial charge in [-0.15, -0.1) is 0 Å². The summed E-state index contributed by atoms with van der Waals surface area (Å²) in [5.74, 6) is 0. The van der Waals surface area contributed by atoms with E-state index in [1.165, 1.54) is 0 Å². The molecule has 0 aromatic rings. The summed E-state index contributed by atoms with van der Waals surface area (Å²) in [5.41, 5.74) is 4.88. The van der Waals surface area contributed by atoms with Gasteiger partial charge in [0, 0.05) is 26.2 Å². The summed E-state index contributed by atoms with van der Waals surface area (Å²) in [6, 6.07) is 0. The van der Waals surface area contributed by atoms with Gasteiger partial charge in [-0.25, -0.2) is 0 Å². The molecule has 18 unspecified atom stereocenters. The summed E-state index contributed by atoms with van der Waals surface area (Å²) in [7, 11) is 0. The maximum Gasteiger partial charge on any atom is 0.186 e. The Bertz CT molecular complexity index is 1050. The van der Waals surface area contributed by atoms with Gasteiger partial charge in [0.05, 0.1) is 38.6 Å². The van der Waals surface area contributed by atoms with Crippen LogP contribution in [0.1, 0.15) is 27.7 Å². The smallest absolute Gasteiger partial charge is 0.186 e. The number of ether oxygens (including phenoxy) is 9. The number of rotatable bonds is 21. The molecule has 0 aromatic heterocycles. The van der Waals surface area contributed by atoms with Gasteiger partial charge in [0.2, 0.25) is 0 Å². The second-order valence-electron chi connectivity index (χ2n) is 14.3. The Hall–Kier alpha value is -0.880. The van der Waals surface area contributed by atoms with Crippen LogP contribution in [0.3, 0.4) is 0 Å². The maximum atomic E-state index is 10.7. The molecule has 0 amide bonds. The third kappa shape index (κ3) is 13.3. The topological polar surface area (TPSA) is 344 Å². The van der Waals surface area contributed by atoms with E-state index in [1.807, 2.05) is 0 Å². The summed E-state index contributed by atoms with van der Waals surface area (Å²) in [6.07, 6.45) is -28.1. The van der Waals surface area contributed by atoms with Crippen LogP contribution < -0.4 is 11.1 Å². The van der Waals surface area contributed by atoms with Crippen LogP contribution in [-0.4, -0.2) is 232 Å². The van der Waals surface area contributed by atoms with Gasteiger partial charge < -0.3 is 110 Å². The van der Waals surface area contributed by atoms with Crippen LogP contribution in [0.2, 0.25) is 0 Å². The normalized spacial score (nSPS) is 39.7. The molecule has 18 atom stereocenters. The standard InChI is InChI=1S/C32H62N2O20/c1-5-46-19(8-34-7-6-33)51-15(14(36)9-35)10-47-29-26(43)23(40)20(37)16(52-29)11-48-30-27(44)24(41)21(38)17(53-30)12-49-31-28(45)25(42)22(39)18(54-31)13-50-32(2,3)4/h14-31,34-45H,5-13,33H2,1-4H3. The first kappa shape index (κ1) is 47.5. The van der Waals surface area contributed by atoms with E-state index in [1.54, 1.807) is 27.7 Å². The molecule has 54 heavy (non-hydrogen) atoms. The van der Waals surface area contributed by atoms with E-state index >= 15 is 0 Å². The summed E-state index contributed by atoms with van der Waals surface area (Å²) >= 11 is 0. The second-order valence-corrected chi connectivity index (χ2v) is 14.3. The number of nitrogens with one attached hydrogen (secondary N) is 1. The molecular formula is C32H62N2O20. The minimum atomic E-state index is -1.85. The average Bonchev–Trinajstić information content (AvgIpc) is 3.13. The summed E-state index contributed by atoms with van der Waals surface area (Å²) in [4.78, 5) is 0. The van der Waals surface area contributed by atoms with E-state index in [4.69, 9.17) is 48.4 Å². The van der Waals surface area contributed by atoms with Gasteiger partial charge in [-0.3, -0.25) is 0 Å². The van der Waals surface area contributed by atoms with E-state index in [0.717, 1.165) is 0 Å². The molecule has 0 saturated carbocycles. The van der Waals surface area contributed by atoms with Crippen LogP contribution in [-0.2, 0) is 42.6 Å². The lowest BCUT2D eigenvalue weighted by molar-refractivity contribution is -0.344. The first-order valence-electron chi connectivity index (χ1n) is 18.0. The monoisotopic (exact) mass is 794 g/mol. The quantitative estimate of drug-likeness (QED) is 0.0379. The zero-order valence-electron chi connectivity index (χ0n) is 30.9. The van der Waals surface area contributed by atoms with Gasteiger partial charge in [0.1, 0.15) is 85.5 Å². The lowest BCUT2D eigenvalue weighted by Gasteiger charge is -2.44. The van der Waals surface area contributed by atoms with Gasteiger partial charge in [-0.2, -0.15) is 0 Å². The first-order chi connectivity index (χ1) is 25.4. The molecule has 3 aliphatic heterocycles. The fraction of sp³-hybridized carbons (Fsp3) is 1.00. The lowest BCUT2D eigenvalue weighted by Crippen LogP contribution is -2.63. The van der Waals surface area contributed by atoms with Crippen molar-refractivity contribution in [3.8, 4) is 0 Å². The highest BCUT2D eigenvalue weighted by atomic mass is 16.8. The van der Waals surface area contributed by atoms with Crippen molar-refractivity contribution in [1.29, 1.82) is 0 Å². The number of hydrogen-bond donors (Lipinski definition) is 13. The van der Waals surface area contributed by atoms with Crippen LogP contribution in [0.5, 0.6) is 0 Å². The summed E-state index contributed by atoms with van der Waals surface area (Å²) in [5, 5.41) is 118. The summed E-state index contributed by atoms with van der Waals surface area (Å²) in [6.45, 7) is 5.65. The molecule has 0 radical (unpaired) electrons. The Labute approximate surface area is 313 Å². The van der Waals surface area contributed by atoms with E-state index in [9.17, 15) is 56.2 Å². The molecule has 3 saturated heterocycles. The van der Waals surface area contributed by atoms with Crippen molar-refractivity contribution in [3.63, 3.8) is 0 Å². The predicted molar refractivity (Wildman–Crippen MR) is 179 cm³/mol. The van der Waals surface area contributed by atoms with E-state index in [0.29, 0.717) is 13.1 Å². The van der Waals surface area contributed by atoms with Gasteiger partial charge in [-0.05, 0) is 27.7 Å². The zero-order chi connectivity index (χ0) is 40.3. The molecule has 14 N–H and O–H groups in total. The van der Waals surface area contributed by atoms with Gasteiger partial charge in [0.15, 0.2) is 25.2 Å². The van der Waals surface area contributed by atoms with E-state index in [-0.39, 0.29) is 19.8 Å². The summed E-state index contributed by atoms with van der Waals surface area (Å²) < 4.78 is 50.6. The minimum Gasteiger partial charge on any atom is -0.394 e. The number of aliphatic hydroxyl groups excluding tert-OH is 11. The van der Waals surface area contributed by atoms with Crippen LogP contribution in [0, 0.1) is 0 Å². The van der Waals surface area contributed by atoms with Crippen molar-refractivity contribution >= 4 is 0 Å². The molecule has 0 bridgehead atoms. The fourth-order valence-electron chi connectivity index (χ4n) is 5.68. The van der Waals surface area contributed by atoms with Crippen LogP contribution in [0.4, 0.5) is 0 Å². The largest absolute Gasteiger partial charge is 0.394 e. The predicted octanol–water partition coefficient (Wildman–Crippen LogP) is -7.08. The molecule has 3 rings (SSSR count). The van der Waals surface area contributed by atoms with Crippen molar-refractivity contribution in [2.45, 2.75) is 144 Å². The third-order valence-corrected chi connectivity index (χ3v) is 8.89. The second kappa shape index (κ2) is 22.3. The van der Waals surface area contributed by atoms with Crippen LogP contribution in [0.15, 0.2) is 0 Å². The molecule has 22 nitrogen and oxygen atoms in total. The molecule has 3 heterocycles. The molecule has 3 fully saturated rings. The van der Waals surface area contributed by atoms with Crippen molar-refractivity contribution in [2.24, 2.45) is 5.73 Å². The lowest BCUT2D eigenvalue weighted by atomic mass is 9.98. The van der Waals surface area contributed by atoms with Crippen molar-refractivity contribution in [1.82, 2.24) is 5.32 Å². The Morgan fingerprint density at radius 3 is 1.52 bits per heavy atom. The van der Waals surface area contributed by atoms with Crippen molar-refractivity contribution in [2.75, 3.05) is 59.3 Å². The zero-order valence-corrected chi connectivity index (χ0v) is 30.9. The molecule has 3 aliphatic rings. The van der Waals surface area contributed by atoms with Gasteiger partial charge in [-0.1, -0.05) is 0 Å².